The molecule has 7 heteroatoms. The molecule has 0 radical (unpaired) electrons. The molecule has 0 aliphatic rings. The zero-order valence-electron chi connectivity index (χ0n) is 12.3. The van der Waals surface area contributed by atoms with E-state index in [1.165, 1.54) is 4.57 Å². The molecule has 3 rings (SSSR count). The highest BCUT2D eigenvalue weighted by Crippen LogP contribution is 2.22. The van der Waals surface area contributed by atoms with Crippen molar-refractivity contribution in [2.45, 2.75) is 6.10 Å². The van der Waals surface area contributed by atoms with Crippen LogP contribution in [0.4, 0.5) is 5.69 Å². The number of aryl methyl sites for hydroxylation is 1. The predicted octanol–water partition coefficient (Wildman–Crippen LogP) is 2.96. The van der Waals surface area contributed by atoms with E-state index in [2.05, 4.69) is 15.0 Å². The van der Waals surface area contributed by atoms with Crippen LogP contribution >= 0.6 is 0 Å². The third kappa shape index (κ3) is 2.66. The molecule has 1 heterocycles. The summed E-state index contributed by atoms with van der Waals surface area (Å²) in [5, 5.41) is 14.0. The molecule has 0 saturated heterocycles. The highest BCUT2D eigenvalue weighted by atomic mass is 16.3. The number of rotatable bonds is 3. The number of hydrogen-bond donors (Lipinski definition) is 1. The Morgan fingerprint density at radius 1 is 1.26 bits per heavy atom. The van der Waals surface area contributed by atoms with Gasteiger partial charge in [-0.3, -0.25) is 4.79 Å². The highest BCUT2D eigenvalue weighted by molar-refractivity contribution is 5.78. The van der Waals surface area contributed by atoms with Crippen LogP contribution in [-0.2, 0) is 7.05 Å². The Kier molecular flexibility index (Phi) is 3.80. The Labute approximate surface area is 131 Å². The van der Waals surface area contributed by atoms with E-state index in [9.17, 15) is 9.90 Å². The van der Waals surface area contributed by atoms with Crippen LogP contribution in [0.1, 0.15) is 17.4 Å². The van der Waals surface area contributed by atoms with Crippen LogP contribution < -0.4 is 5.56 Å². The van der Waals surface area contributed by atoms with Crippen molar-refractivity contribution < 1.29 is 5.11 Å². The van der Waals surface area contributed by atoms with E-state index in [1.54, 1.807) is 49.5 Å². The highest BCUT2D eigenvalue weighted by Gasteiger charge is 2.18. The average Bonchev–Trinajstić information content (AvgIpc) is 2.59. The van der Waals surface area contributed by atoms with Gasteiger partial charge < -0.3 is 9.67 Å². The van der Waals surface area contributed by atoms with Gasteiger partial charge in [-0.05, 0) is 23.2 Å². The number of aliphatic hydroxyl groups is 1. The maximum atomic E-state index is 12.5. The second-order valence-corrected chi connectivity index (χ2v) is 5.04. The molecule has 1 aromatic heterocycles. The molecule has 0 fully saturated rings. The van der Waals surface area contributed by atoms with Crippen molar-refractivity contribution in [3.8, 4) is 0 Å². The van der Waals surface area contributed by atoms with E-state index in [0.29, 0.717) is 22.3 Å². The lowest BCUT2D eigenvalue weighted by atomic mass is 10.1. The van der Waals surface area contributed by atoms with Gasteiger partial charge in [0.05, 0.1) is 11.0 Å². The van der Waals surface area contributed by atoms with Gasteiger partial charge in [-0.1, -0.05) is 41.5 Å². The first-order chi connectivity index (χ1) is 11.1. The number of nitrogens with zero attached hydrogens (tertiary/aromatic N) is 5. The minimum atomic E-state index is -1.10. The molecule has 0 aliphatic carbocycles. The van der Waals surface area contributed by atoms with E-state index in [0.717, 1.165) is 0 Å². The first-order valence-corrected chi connectivity index (χ1v) is 6.90. The van der Waals surface area contributed by atoms with Crippen LogP contribution in [0, 0.1) is 0 Å². The monoisotopic (exact) mass is 307 g/mol. The molecule has 114 valence electrons. The molecule has 2 aromatic carbocycles. The fourth-order valence-electron chi connectivity index (χ4n) is 2.42. The Hall–Kier alpha value is -3.15. The minimum Gasteiger partial charge on any atom is -0.382 e. The summed E-state index contributed by atoms with van der Waals surface area (Å²) in [6, 6.07) is 13.7. The lowest BCUT2D eigenvalue weighted by molar-refractivity contribution is 0.213. The van der Waals surface area contributed by atoms with Gasteiger partial charge in [-0.15, -0.1) is 0 Å². The van der Waals surface area contributed by atoms with Crippen molar-refractivity contribution in [3.05, 3.63) is 80.6 Å². The molecule has 3 aromatic rings. The van der Waals surface area contributed by atoms with Crippen LogP contribution in [0.2, 0.25) is 0 Å². The molecule has 1 atom stereocenters. The molecule has 1 N–H and O–H groups in total. The number of benzene rings is 2. The van der Waals surface area contributed by atoms with Gasteiger partial charge >= 0.3 is 0 Å². The van der Waals surface area contributed by atoms with Gasteiger partial charge in [0.2, 0.25) is 0 Å². The first-order valence-electron chi connectivity index (χ1n) is 6.90. The minimum absolute atomic E-state index is 0.0581. The van der Waals surface area contributed by atoms with E-state index >= 15 is 0 Å². The normalized spacial score (nSPS) is 11.9. The summed E-state index contributed by atoms with van der Waals surface area (Å²) < 4.78 is 1.39. The number of aromatic nitrogens is 2. The summed E-state index contributed by atoms with van der Waals surface area (Å²) in [5.41, 5.74) is 10.2. The smallest absolute Gasteiger partial charge is 0.275 e. The molecular weight excluding hydrogens is 294 g/mol. The number of azide groups is 1. The third-order valence-corrected chi connectivity index (χ3v) is 3.62. The van der Waals surface area contributed by atoms with Gasteiger partial charge in [0.1, 0.15) is 11.8 Å². The standard InChI is InChI=1S/C16H13N5O2/c1-21-13-9-11(19-20-17)7-8-12(13)18-14(16(21)23)15(22)10-5-3-2-4-6-10/h2-9,15,22H,1H3. The lowest BCUT2D eigenvalue weighted by Gasteiger charge is -2.13. The SMILES string of the molecule is Cn1c(=O)c(C(O)c2ccccc2)nc2ccc(N=[N+]=[N-])cc21. The van der Waals surface area contributed by atoms with E-state index < -0.39 is 11.7 Å². The van der Waals surface area contributed by atoms with Crippen LogP contribution in [0.25, 0.3) is 21.5 Å². The molecule has 0 spiro atoms. The summed E-state index contributed by atoms with van der Waals surface area (Å²) in [4.78, 5) is 19.5. The number of hydrogen-bond acceptors (Lipinski definition) is 4. The predicted molar refractivity (Wildman–Crippen MR) is 86.3 cm³/mol. The molecule has 0 bridgehead atoms. The fraction of sp³-hybridized carbons (Fsp3) is 0.125. The first kappa shape index (κ1) is 14.8. The van der Waals surface area contributed by atoms with Crippen LogP contribution in [0.15, 0.2) is 58.4 Å². The molecule has 23 heavy (non-hydrogen) atoms. The van der Waals surface area contributed by atoms with Crippen molar-refractivity contribution in [2.24, 2.45) is 12.2 Å². The number of fused-ring (bicyclic) bond motifs is 1. The molecule has 0 amide bonds. The Bertz CT molecular complexity index is 975. The summed E-state index contributed by atoms with van der Waals surface area (Å²) in [6.45, 7) is 0. The zero-order chi connectivity index (χ0) is 16.4. The van der Waals surface area contributed by atoms with E-state index in [-0.39, 0.29) is 5.69 Å². The quantitative estimate of drug-likeness (QED) is 0.457. The fourth-order valence-corrected chi connectivity index (χ4v) is 2.42. The maximum Gasteiger partial charge on any atom is 0.275 e. The average molecular weight is 307 g/mol. The van der Waals surface area contributed by atoms with E-state index in [4.69, 9.17) is 5.53 Å². The van der Waals surface area contributed by atoms with Crippen LogP contribution in [0.3, 0.4) is 0 Å². The molecule has 0 aliphatic heterocycles. The number of aliphatic hydroxyl groups excluding tert-OH is 1. The largest absolute Gasteiger partial charge is 0.382 e. The third-order valence-electron chi connectivity index (χ3n) is 3.62. The van der Waals surface area contributed by atoms with Crippen molar-refractivity contribution in [1.29, 1.82) is 0 Å². The second kappa shape index (κ2) is 5.92. The van der Waals surface area contributed by atoms with E-state index in [1.807, 2.05) is 6.07 Å². The lowest BCUT2D eigenvalue weighted by Crippen LogP contribution is -2.26. The molecular formula is C16H13N5O2. The van der Waals surface area contributed by atoms with Crippen molar-refractivity contribution in [2.75, 3.05) is 0 Å². The van der Waals surface area contributed by atoms with Gasteiger partial charge in [-0.2, -0.15) is 0 Å². The Morgan fingerprint density at radius 2 is 2.00 bits per heavy atom. The summed E-state index contributed by atoms with van der Waals surface area (Å²) >= 11 is 0. The van der Waals surface area contributed by atoms with Crippen molar-refractivity contribution >= 4 is 16.7 Å². The zero-order valence-corrected chi connectivity index (χ0v) is 12.3. The molecule has 7 nitrogen and oxygen atoms in total. The molecule has 1 unspecified atom stereocenters. The molecule has 0 saturated carbocycles. The summed E-state index contributed by atoms with van der Waals surface area (Å²) in [6.07, 6.45) is -1.10. The van der Waals surface area contributed by atoms with Crippen LogP contribution in [-0.4, -0.2) is 14.7 Å². The van der Waals surface area contributed by atoms with Crippen LogP contribution in [0.5, 0.6) is 0 Å². The topological polar surface area (TPSA) is 104 Å². The Morgan fingerprint density at radius 3 is 2.70 bits per heavy atom. The Balaban J connectivity index is 2.20. The van der Waals surface area contributed by atoms with Gasteiger partial charge in [0.15, 0.2) is 0 Å². The van der Waals surface area contributed by atoms with Crippen molar-refractivity contribution in [1.82, 2.24) is 9.55 Å². The summed E-state index contributed by atoms with van der Waals surface area (Å²) in [5.74, 6) is 0. The maximum absolute atomic E-state index is 12.5. The van der Waals surface area contributed by atoms with Gasteiger partial charge in [0.25, 0.3) is 5.56 Å². The van der Waals surface area contributed by atoms with Gasteiger partial charge in [-0.25, -0.2) is 4.98 Å². The van der Waals surface area contributed by atoms with Gasteiger partial charge in [0, 0.05) is 17.6 Å². The summed E-state index contributed by atoms with van der Waals surface area (Å²) in [7, 11) is 1.59. The van der Waals surface area contributed by atoms with Crippen molar-refractivity contribution in [3.63, 3.8) is 0 Å². The second-order valence-electron chi connectivity index (χ2n) is 5.04.